The summed E-state index contributed by atoms with van der Waals surface area (Å²) in [6.07, 6.45) is 8.19. The van der Waals surface area contributed by atoms with E-state index in [-0.39, 0.29) is 5.91 Å². The lowest BCUT2D eigenvalue weighted by molar-refractivity contribution is -0.117. The van der Waals surface area contributed by atoms with Crippen molar-refractivity contribution in [1.82, 2.24) is 0 Å². The van der Waals surface area contributed by atoms with Gasteiger partial charge in [-0.3, -0.25) is 4.79 Å². The molecule has 0 spiro atoms. The van der Waals surface area contributed by atoms with E-state index in [0.29, 0.717) is 18.0 Å². The minimum absolute atomic E-state index is 0.109. The van der Waals surface area contributed by atoms with Crippen LogP contribution >= 0.6 is 0 Å². The van der Waals surface area contributed by atoms with Crippen molar-refractivity contribution in [2.75, 3.05) is 11.1 Å². The molecule has 3 heteroatoms. The largest absolute Gasteiger partial charge is 0.397 e. The summed E-state index contributed by atoms with van der Waals surface area (Å²) in [6.45, 7) is 4.04. The number of anilines is 2. The molecule has 1 aliphatic carbocycles. The van der Waals surface area contributed by atoms with Crippen LogP contribution in [-0.4, -0.2) is 5.91 Å². The topological polar surface area (TPSA) is 55.1 Å². The molecule has 0 atom stereocenters. The molecule has 0 heterocycles. The molecule has 1 fully saturated rings. The summed E-state index contributed by atoms with van der Waals surface area (Å²) in [5.74, 6) is 0.654. The molecular formula is C17H26N2O. The van der Waals surface area contributed by atoms with E-state index in [4.69, 9.17) is 5.73 Å². The van der Waals surface area contributed by atoms with E-state index >= 15 is 0 Å². The lowest BCUT2D eigenvalue weighted by atomic mass is 9.96. The molecule has 1 aromatic carbocycles. The Kier molecular flexibility index (Phi) is 5.05. The molecule has 1 aromatic rings. The molecule has 0 aromatic heterocycles. The molecule has 0 bridgehead atoms. The highest BCUT2D eigenvalue weighted by molar-refractivity contribution is 5.95. The van der Waals surface area contributed by atoms with Gasteiger partial charge in [0, 0.05) is 6.42 Å². The van der Waals surface area contributed by atoms with Gasteiger partial charge < -0.3 is 11.1 Å². The zero-order valence-corrected chi connectivity index (χ0v) is 12.7. The first-order chi connectivity index (χ1) is 9.58. The summed E-state index contributed by atoms with van der Waals surface area (Å²) in [5, 5.41) is 3.02. The first-order valence-electron chi connectivity index (χ1n) is 7.73. The third kappa shape index (κ3) is 3.75. The second-order valence-corrected chi connectivity index (χ2v) is 6.08. The van der Waals surface area contributed by atoms with Gasteiger partial charge in [-0.05, 0) is 49.8 Å². The quantitative estimate of drug-likeness (QED) is 0.641. The average molecular weight is 274 g/mol. The summed E-state index contributed by atoms with van der Waals surface area (Å²) in [4.78, 5) is 12.2. The lowest BCUT2D eigenvalue weighted by Crippen LogP contribution is -2.18. The Labute approximate surface area is 121 Å². The number of rotatable bonds is 3. The monoisotopic (exact) mass is 274 g/mol. The van der Waals surface area contributed by atoms with Gasteiger partial charge in [-0.1, -0.05) is 31.7 Å². The normalized spacial score (nSPS) is 16.7. The maximum atomic E-state index is 12.2. The Hall–Kier alpha value is -1.51. The van der Waals surface area contributed by atoms with Crippen LogP contribution < -0.4 is 11.1 Å². The minimum Gasteiger partial charge on any atom is -0.397 e. The number of benzene rings is 1. The average Bonchev–Trinajstić information content (AvgIpc) is 2.68. The molecule has 3 nitrogen and oxygen atoms in total. The van der Waals surface area contributed by atoms with Crippen molar-refractivity contribution >= 4 is 17.3 Å². The molecule has 1 aliphatic rings. The Morgan fingerprint density at radius 1 is 1.20 bits per heavy atom. The molecule has 0 saturated heterocycles. The number of carbonyl (C=O) groups is 1. The first kappa shape index (κ1) is 14.9. The summed E-state index contributed by atoms with van der Waals surface area (Å²) in [5.41, 5.74) is 9.66. The second kappa shape index (κ2) is 6.78. The van der Waals surface area contributed by atoms with Crippen molar-refractivity contribution < 1.29 is 4.79 Å². The predicted octanol–water partition coefficient (Wildman–Crippen LogP) is 4.18. The first-order valence-corrected chi connectivity index (χ1v) is 7.73. The van der Waals surface area contributed by atoms with Crippen molar-refractivity contribution in [3.63, 3.8) is 0 Å². The van der Waals surface area contributed by atoms with Gasteiger partial charge in [0.25, 0.3) is 0 Å². The third-order valence-corrected chi connectivity index (χ3v) is 4.48. The Morgan fingerprint density at radius 3 is 2.50 bits per heavy atom. The number of hydrogen-bond acceptors (Lipinski definition) is 2. The minimum atomic E-state index is 0.109. The number of carbonyl (C=O) groups excluding carboxylic acids is 1. The van der Waals surface area contributed by atoms with E-state index in [1.165, 1.54) is 38.5 Å². The van der Waals surface area contributed by atoms with Gasteiger partial charge >= 0.3 is 0 Å². The lowest BCUT2D eigenvalue weighted by Gasteiger charge is -2.16. The molecule has 3 N–H and O–H groups in total. The van der Waals surface area contributed by atoms with Crippen molar-refractivity contribution in [1.29, 1.82) is 0 Å². The molecular weight excluding hydrogens is 248 g/mol. The summed E-state index contributed by atoms with van der Waals surface area (Å²) < 4.78 is 0. The molecule has 1 saturated carbocycles. The highest BCUT2D eigenvalue weighted by Crippen LogP contribution is 2.28. The van der Waals surface area contributed by atoms with Gasteiger partial charge in [0.2, 0.25) is 5.91 Å². The fourth-order valence-corrected chi connectivity index (χ4v) is 3.02. The zero-order chi connectivity index (χ0) is 14.5. The molecule has 20 heavy (non-hydrogen) atoms. The highest BCUT2D eigenvalue weighted by Gasteiger charge is 2.17. The van der Waals surface area contributed by atoms with Crippen LogP contribution in [0.3, 0.4) is 0 Å². The van der Waals surface area contributed by atoms with E-state index in [9.17, 15) is 4.79 Å². The number of hydrogen-bond donors (Lipinski definition) is 2. The fraction of sp³-hybridized carbons (Fsp3) is 0.588. The van der Waals surface area contributed by atoms with Crippen LogP contribution in [0.1, 0.15) is 56.1 Å². The van der Waals surface area contributed by atoms with E-state index in [0.717, 1.165) is 16.8 Å². The number of nitrogens with one attached hydrogen (secondary N) is 1. The van der Waals surface area contributed by atoms with Crippen LogP contribution in [0, 0.1) is 19.8 Å². The maximum Gasteiger partial charge on any atom is 0.224 e. The van der Waals surface area contributed by atoms with E-state index in [1.807, 2.05) is 26.0 Å². The molecule has 110 valence electrons. The Bertz CT molecular complexity index is 474. The molecule has 2 rings (SSSR count). The van der Waals surface area contributed by atoms with Crippen molar-refractivity contribution in [3.8, 4) is 0 Å². The summed E-state index contributed by atoms with van der Waals surface area (Å²) >= 11 is 0. The number of aryl methyl sites for hydroxylation is 1. The molecule has 1 amide bonds. The Balaban J connectivity index is 1.99. The number of amides is 1. The van der Waals surface area contributed by atoms with Gasteiger partial charge in [-0.25, -0.2) is 0 Å². The van der Waals surface area contributed by atoms with Crippen LogP contribution in [0.5, 0.6) is 0 Å². The smallest absolute Gasteiger partial charge is 0.224 e. The van der Waals surface area contributed by atoms with Crippen molar-refractivity contribution in [2.45, 2.75) is 58.8 Å². The zero-order valence-electron chi connectivity index (χ0n) is 12.7. The van der Waals surface area contributed by atoms with Gasteiger partial charge in [-0.2, -0.15) is 0 Å². The van der Waals surface area contributed by atoms with Gasteiger partial charge in [0.1, 0.15) is 0 Å². The highest BCUT2D eigenvalue weighted by atomic mass is 16.1. The molecule has 0 radical (unpaired) electrons. The van der Waals surface area contributed by atoms with Gasteiger partial charge in [0.15, 0.2) is 0 Å². The maximum absolute atomic E-state index is 12.2. The van der Waals surface area contributed by atoms with Crippen molar-refractivity contribution in [3.05, 3.63) is 23.3 Å². The summed E-state index contributed by atoms with van der Waals surface area (Å²) in [7, 11) is 0. The standard InChI is InChI=1S/C17H26N2O/c1-12-9-10-15(18)17(13(12)2)19-16(20)11-14-7-5-3-4-6-8-14/h9-10,14H,3-8,11,18H2,1-2H3,(H,19,20). The number of nitrogens with two attached hydrogens (primary N) is 1. The van der Waals surface area contributed by atoms with Gasteiger partial charge in [-0.15, -0.1) is 0 Å². The van der Waals surface area contributed by atoms with Gasteiger partial charge in [0.05, 0.1) is 11.4 Å². The SMILES string of the molecule is Cc1ccc(N)c(NC(=O)CC2CCCCCC2)c1C. The fourth-order valence-electron chi connectivity index (χ4n) is 3.02. The third-order valence-electron chi connectivity index (χ3n) is 4.48. The van der Waals surface area contributed by atoms with Crippen LogP contribution in [0.25, 0.3) is 0 Å². The van der Waals surface area contributed by atoms with Crippen molar-refractivity contribution in [2.24, 2.45) is 5.92 Å². The van der Waals surface area contributed by atoms with E-state index < -0.39 is 0 Å². The second-order valence-electron chi connectivity index (χ2n) is 6.08. The van der Waals surface area contributed by atoms with Crippen LogP contribution in [0.2, 0.25) is 0 Å². The van der Waals surface area contributed by atoms with Crippen LogP contribution in [-0.2, 0) is 4.79 Å². The van der Waals surface area contributed by atoms with Crippen LogP contribution in [0.4, 0.5) is 11.4 Å². The number of nitrogen functional groups attached to an aromatic ring is 1. The molecule has 0 aliphatic heterocycles. The molecule has 0 unspecified atom stereocenters. The van der Waals surface area contributed by atoms with E-state index in [1.54, 1.807) is 0 Å². The summed E-state index contributed by atoms with van der Waals surface area (Å²) in [6, 6.07) is 3.86. The van der Waals surface area contributed by atoms with Crippen LogP contribution in [0.15, 0.2) is 12.1 Å². The Morgan fingerprint density at radius 2 is 1.85 bits per heavy atom. The predicted molar refractivity (Wildman–Crippen MR) is 84.8 cm³/mol. The van der Waals surface area contributed by atoms with E-state index in [2.05, 4.69) is 5.32 Å².